The lowest BCUT2D eigenvalue weighted by Gasteiger charge is -2.37. The van der Waals surface area contributed by atoms with E-state index in [-0.39, 0.29) is 0 Å². The number of benzene rings is 1. The number of nitrogens with zero attached hydrogens (tertiary/aromatic N) is 4. The van der Waals surface area contributed by atoms with Crippen molar-refractivity contribution in [3.8, 4) is 0 Å². The Morgan fingerprint density at radius 2 is 1.96 bits per heavy atom. The van der Waals surface area contributed by atoms with Crippen LogP contribution in [0.1, 0.15) is 34.1 Å². The summed E-state index contributed by atoms with van der Waals surface area (Å²) in [6.45, 7) is 7.48. The number of hydrogen-bond acceptors (Lipinski definition) is 3. The predicted molar refractivity (Wildman–Crippen MR) is 107 cm³/mol. The second-order valence-electron chi connectivity index (χ2n) is 8.06. The standard InChI is InChI=1S/C22H26N4/c1-14-9-17-18-12-24(3)8-7-19(18)26-13-21(16-6-5-15(2)23-11-16)25(4)20(10-14)22(17)26/h5-6,9-11,21H,7-8,12-13H2,1-4H3. The third kappa shape index (κ3) is 2.21. The highest BCUT2D eigenvalue weighted by Gasteiger charge is 2.32. The molecule has 26 heavy (non-hydrogen) atoms. The summed E-state index contributed by atoms with van der Waals surface area (Å²) in [5.41, 5.74) is 9.58. The Labute approximate surface area is 155 Å². The van der Waals surface area contributed by atoms with E-state index in [0.29, 0.717) is 6.04 Å². The number of pyridine rings is 1. The topological polar surface area (TPSA) is 24.3 Å². The Morgan fingerprint density at radius 3 is 2.73 bits per heavy atom. The van der Waals surface area contributed by atoms with Crippen LogP contribution in [0, 0.1) is 13.8 Å². The number of fused-ring (bicyclic) bond motifs is 3. The van der Waals surface area contributed by atoms with Gasteiger partial charge in [0.1, 0.15) is 0 Å². The smallest absolute Gasteiger partial charge is 0.0734 e. The van der Waals surface area contributed by atoms with E-state index in [1.54, 1.807) is 5.69 Å². The first-order chi connectivity index (χ1) is 12.5. The van der Waals surface area contributed by atoms with E-state index in [0.717, 1.165) is 31.7 Å². The van der Waals surface area contributed by atoms with Crippen LogP contribution >= 0.6 is 0 Å². The monoisotopic (exact) mass is 346 g/mol. The van der Waals surface area contributed by atoms with Crippen molar-refractivity contribution in [1.29, 1.82) is 0 Å². The summed E-state index contributed by atoms with van der Waals surface area (Å²) in [4.78, 5) is 9.45. The number of aromatic nitrogens is 2. The fourth-order valence-corrected chi connectivity index (χ4v) is 4.77. The lowest BCUT2D eigenvalue weighted by molar-refractivity contribution is 0.308. The van der Waals surface area contributed by atoms with Crippen LogP contribution in [0.4, 0.5) is 5.69 Å². The van der Waals surface area contributed by atoms with Crippen molar-refractivity contribution in [3.63, 3.8) is 0 Å². The van der Waals surface area contributed by atoms with Crippen molar-refractivity contribution in [1.82, 2.24) is 14.5 Å². The molecule has 0 spiro atoms. The van der Waals surface area contributed by atoms with Gasteiger partial charge in [-0.2, -0.15) is 0 Å². The van der Waals surface area contributed by atoms with Gasteiger partial charge in [-0.1, -0.05) is 6.07 Å². The maximum Gasteiger partial charge on any atom is 0.0734 e. The SMILES string of the molecule is Cc1cc2c3c(c1)c1c(n3CC(c3ccc(C)nc3)N2C)CCN(C)C1. The molecule has 0 radical (unpaired) electrons. The minimum Gasteiger partial charge on any atom is -0.364 e. The zero-order valence-corrected chi connectivity index (χ0v) is 16.1. The molecule has 2 aliphatic rings. The van der Waals surface area contributed by atoms with Gasteiger partial charge in [-0.05, 0) is 55.8 Å². The zero-order valence-electron chi connectivity index (χ0n) is 16.1. The average molecular weight is 346 g/mol. The number of aryl methyl sites for hydroxylation is 2. The number of rotatable bonds is 1. The quantitative estimate of drug-likeness (QED) is 0.669. The van der Waals surface area contributed by atoms with Gasteiger partial charge >= 0.3 is 0 Å². The molecule has 1 unspecified atom stereocenters. The van der Waals surface area contributed by atoms with Crippen LogP contribution in [0.5, 0.6) is 0 Å². The van der Waals surface area contributed by atoms with E-state index < -0.39 is 0 Å². The molecule has 0 saturated heterocycles. The highest BCUT2D eigenvalue weighted by atomic mass is 15.2. The van der Waals surface area contributed by atoms with Crippen molar-refractivity contribution in [2.45, 2.75) is 39.4 Å². The molecule has 134 valence electrons. The third-order valence-corrected chi connectivity index (χ3v) is 6.18. The molecule has 4 nitrogen and oxygen atoms in total. The van der Waals surface area contributed by atoms with Crippen molar-refractivity contribution < 1.29 is 0 Å². The van der Waals surface area contributed by atoms with Crippen molar-refractivity contribution in [2.75, 3.05) is 25.5 Å². The van der Waals surface area contributed by atoms with E-state index >= 15 is 0 Å². The molecular formula is C22H26N4. The van der Waals surface area contributed by atoms with E-state index in [1.165, 1.54) is 33.3 Å². The summed E-state index contributed by atoms with van der Waals surface area (Å²) in [5, 5.41) is 1.45. The van der Waals surface area contributed by atoms with E-state index in [4.69, 9.17) is 0 Å². The Kier molecular flexibility index (Phi) is 3.41. The summed E-state index contributed by atoms with van der Waals surface area (Å²) < 4.78 is 2.61. The van der Waals surface area contributed by atoms with Gasteiger partial charge in [-0.15, -0.1) is 0 Å². The van der Waals surface area contributed by atoms with Crippen LogP contribution in [0.3, 0.4) is 0 Å². The summed E-state index contributed by atoms with van der Waals surface area (Å²) in [5.74, 6) is 0. The maximum atomic E-state index is 4.55. The zero-order chi connectivity index (χ0) is 18.0. The summed E-state index contributed by atoms with van der Waals surface area (Å²) >= 11 is 0. The molecule has 1 aromatic carbocycles. The molecule has 0 N–H and O–H groups in total. The van der Waals surface area contributed by atoms with Crippen molar-refractivity contribution in [2.24, 2.45) is 0 Å². The second-order valence-corrected chi connectivity index (χ2v) is 8.06. The molecule has 1 atom stereocenters. The van der Waals surface area contributed by atoms with E-state index in [1.807, 2.05) is 0 Å². The molecule has 5 rings (SSSR count). The second kappa shape index (κ2) is 5.58. The van der Waals surface area contributed by atoms with Gasteiger partial charge in [0.05, 0.1) is 17.2 Å². The van der Waals surface area contributed by atoms with Gasteiger partial charge in [0.2, 0.25) is 0 Å². The first-order valence-corrected chi connectivity index (χ1v) is 9.51. The van der Waals surface area contributed by atoms with E-state index in [2.05, 4.69) is 77.8 Å². The third-order valence-electron chi connectivity index (χ3n) is 6.18. The lowest BCUT2D eigenvalue weighted by Crippen LogP contribution is -2.34. The molecule has 2 aliphatic heterocycles. The van der Waals surface area contributed by atoms with Crippen LogP contribution < -0.4 is 4.90 Å². The van der Waals surface area contributed by atoms with Crippen LogP contribution in [0.2, 0.25) is 0 Å². The van der Waals surface area contributed by atoms with Gasteiger partial charge < -0.3 is 14.4 Å². The van der Waals surface area contributed by atoms with Gasteiger partial charge in [-0.25, -0.2) is 0 Å². The van der Waals surface area contributed by atoms with Crippen LogP contribution in [0.25, 0.3) is 10.9 Å². The number of anilines is 1. The molecule has 3 aromatic rings. The Hall–Kier alpha value is -2.33. The highest BCUT2D eigenvalue weighted by molar-refractivity contribution is 5.97. The molecule has 4 heterocycles. The fourth-order valence-electron chi connectivity index (χ4n) is 4.77. The molecule has 0 saturated carbocycles. The summed E-state index contributed by atoms with van der Waals surface area (Å²) in [6.07, 6.45) is 3.19. The molecule has 4 heteroatoms. The maximum absolute atomic E-state index is 4.55. The predicted octanol–water partition coefficient (Wildman–Crippen LogP) is 3.83. The van der Waals surface area contributed by atoms with Gasteiger partial charge in [0.15, 0.2) is 0 Å². The van der Waals surface area contributed by atoms with E-state index in [9.17, 15) is 0 Å². The normalized spacial score (nSPS) is 19.8. The average Bonchev–Trinajstić information content (AvgIpc) is 2.92. The summed E-state index contributed by atoms with van der Waals surface area (Å²) in [6, 6.07) is 9.43. The van der Waals surface area contributed by atoms with Gasteiger partial charge in [0.25, 0.3) is 0 Å². The Bertz CT molecular complexity index is 999. The minimum absolute atomic E-state index is 0.330. The number of likely N-dealkylation sites (N-methyl/N-ethyl adjacent to an activating group) is 2. The molecule has 2 aromatic heterocycles. The first kappa shape index (κ1) is 15.9. The lowest BCUT2D eigenvalue weighted by atomic mass is 10.0. The largest absolute Gasteiger partial charge is 0.364 e. The van der Waals surface area contributed by atoms with Crippen LogP contribution in [-0.4, -0.2) is 35.1 Å². The summed E-state index contributed by atoms with van der Waals surface area (Å²) in [7, 11) is 4.47. The molecular weight excluding hydrogens is 320 g/mol. The molecule has 0 aliphatic carbocycles. The van der Waals surface area contributed by atoms with Crippen molar-refractivity contribution >= 4 is 16.6 Å². The van der Waals surface area contributed by atoms with Crippen molar-refractivity contribution in [3.05, 3.63) is 58.5 Å². The van der Waals surface area contributed by atoms with Crippen LogP contribution in [-0.2, 0) is 19.5 Å². The first-order valence-electron chi connectivity index (χ1n) is 9.51. The molecule has 0 bridgehead atoms. The van der Waals surface area contributed by atoms with Crippen LogP contribution in [0.15, 0.2) is 30.5 Å². The Balaban J connectivity index is 1.73. The van der Waals surface area contributed by atoms with Gasteiger partial charge in [0, 0.05) is 56.1 Å². The fraction of sp³-hybridized carbons (Fsp3) is 0.409. The molecule has 0 fully saturated rings. The highest BCUT2D eigenvalue weighted by Crippen LogP contribution is 2.43. The Morgan fingerprint density at radius 1 is 1.12 bits per heavy atom. The minimum atomic E-state index is 0.330. The van der Waals surface area contributed by atoms with Gasteiger partial charge in [-0.3, -0.25) is 4.98 Å². The number of hydrogen-bond donors (Lipinski definition) is 0. The molecule has 0 amide bonds.